The van der Waals surface area contributed by atoms with E-state index in [0.717, 1.165) is 11.8 Å². The van der Waals surface area contributed by atoms with Crippen LogP contribution in [0.1, 0.15) is 11.3 Å². The van der Waals surface area contributed by atoms with Gasteiger partial charge in [0.05, 0.1) is 25.4 Å². The van der Waals surface area contributed by atoms with Gasteiger partial charge in [-0.15, -0.1) is 0 Å². The van der Waals surface area contributed by atoms with Crippen LogP contribution in [-0.4, -0.2) is 35.8 Å². The molecule has 8 nitrogen and oxygen atoms in total. The van der Waals surface area contributed by atoms with Crippen LogP contribution in [0.2, 0.25) is 5.28 Å². The van der Waals surface area contributed by atoms with Crippen molar-refractivity contribution in [3.05, 3.63) is 52.8 Å². The van der Waals surface area contributed by atoms with Crippen molar-refractivity contribution in [2.45, 2.75) is 12.7 Å². The van der Waals surface area contributed by atoms with E-state index in [-0.39, 0.29) is 23.3 Å². The highest BCUT2D eigenvalue weighted by Crippen LogP contribution is 2.34. The molecule has 4 aromatic rings. The second kappa shape index (κ2) is 7.41. The first-order chi connectivity index (χ1) is 14.6. The van der Waals surface area contributed by atoms with E-state index < -0.39 is 11.9 Å². The fourth-order valence-corrected chi connectivity index (χ4v) is 3.51. The molecule has 0 atom stereocenters. The molecule has 31 heavy (non-hydrogen) atoms. The normalized spacial score (nSPS) is 12.0. The van der Waals surface area contributed by atoms with Gasteiger partial charge >= 0.3 is 6.18 Å². The maximum Gasteiger partial charge on any atom is 0.434 e. The summed E-state index contributed by atoms with van der Waals surface area (Å²) in [7, 11) is 4.65. The Morgan fingerprint density at radius 2 is 1.94 bits per heavy atom. The zero-order valence-corrected chi connectivity index (χ0v) is 17.5. The van der Waals surface area contributed by atoms with Crippen molar-refractivity contribution in [1.29, 1.82) is 5.41 Å². The van der Waals surface area contributed by atoms with E-state index in [1.165, 1.54) is 18.7 Å². The quantitative estimate of drug-likeness (QED) is 0.482. The number of hydrogen-bond acceptors (Lipinski definition) is 5. The maximum atomic E-state index is 13.0. The average molecular weight is 452 g/mol. The number of rotatable bonds is 4. The first-order valence-electron chi connectivity index (χ1n) is 9.00. The molecule has 0 aliphatic carbocycles. The smallest absolute Gasteiger partial charge is 0.434 e. The van der Waals surface area contributed by atoms with E-state index in [1.807, 2.05) is 0 Å². The fraction of sp³-hybridized carbons (Fsp3) is 0.263. The van der Waals surface area contributed by atoms with E-state index in [1.54, 1.807) is 40.6 Å². The molecule has 0 aliphatic rings. The Labute approximate surface area is 179 Å². The van der Waals surface area contributed by atoms with Crippen molar-refractivity contribution in [3.8, 4) is 17.1 Å². The van der Waals surface area contributed by atoms with E-state index >= 15 is 0 Å². The van der Waals surface area contributed by atoms with Gasteiger partial charge in [-0.3, -0.25) is 9.98 Å². The van der Waals surface area contributed by atoms with Gasteiger partial charge in [0.15, 0.2) is 11.3 Å². The highest BCUT2D eigenvalue weighted by molar-refractivity contribution is 6.28. The Kier molecular flexibility index (Phi) is 5.00. The number of aryl methyl sites for hydroxylation is 2. The molecule has 1 aromatic carbocycles. The van der Waals surface area contributed by atoms with Gasteiger partial charge < -0.3 is 13.9 Å². The monoisotopic (exact) mass is 451 g/mol. The lowest BCUT2D eigenvalue weighted by atomic mass is 10.1. The van der Waals surface area contributed by atoms with Crippen molar-refractivity contribution >= 4 is 22.8 Å². The molecule has 0 saturated carbocycles. The predicted octanol–water partition coefficient (Wildman–Crippen LogP) is 3.38. The van der Waals surface area contributed by atoms with E-state index in [9.17, 15) is 13.2 Å². The van der Waals surface area contributed by atoms with Crippen LogP contribution in [0.15, 0.2) is 30.6 Å². The standard InChI is InChI=1S/C19H17ClF3N7O/c1-28-9-14(19(21,22)23)26-15(28)11-5-4-10(6-13(11)31-3)8-30-16-12(29(2)18(30)24)7-25-17(20)27-16/h4-7,9,24H,8H2,1-3H3. The molecule has 162 valence electrons. The molecule has 0 spiro atoms. The third kappa shape index (κ3) is 3.65. The summed E-state index contributed by atoms with van der Waals surface area (Å²) in [6, 6.07) is 5.09. The summed E-state index contributed by atoms with van der Waals surface area (Å²) < 4.78 is 49.1. The van der Waals surface area contributed by atoms with Crippen LogP contribution in [0.5, 0.6) is 5.75 Å². The summed E-state index contributed by atoms with van der Waals surface area (Å²) in [6.45, 7) is 0.272. The van der Waals surface area contributed by atoms with E-state index in [2.05, 4.69) is 15.0 Å². The molecule has 3 heterocycles. The summed E-state index contributed by atoms with van der Waals surface area (Å²) in [5.74, 6) is 0.495. The molecule has 0 bridgehead atoms. The summed E-state index contributed by atoms with van der Waals surface area (Å²) in [5.41, 5.74) is 1.53. The SMILES string of the molecule is COc1cc(Cn2c(=N)n(C)c3cnc(Cl)nc32)ccc1-c1nc(C(F)(F)F)cn1C. The highest BCUT2D eigenvalue weighted by atomic mass is 35.5. The average Bonchev–Trinajstić information content (AvgIpc) is 3.21. The molecular weight excluding hydrogens is 435 g/mol. The van der Waals surface area contributed by atoms with Crippen molar-refractivity contribution in [2.24, 2.45) is 14.1 Å². The Bertz CT molecular complexity index is 1350. The Morgan fingerprint density at radius 1 is 1.19 bits per heavy atom. The first-order valence-corrected chi connectivity index (χ1v) is 9.38. The number of halogens is 4. The number of benzene rings is 1. The topological polar surface area (TPSA) is 86.5 Å². The van der Waals surface area contributed by atoms with Crippen molar-refractivity contribution in [1.82, 2.24) is 28.7 Å². The molecule has 4 rings (SSSR count). The first kappa shape index (κ1) is 20.9. The van der Waals surface area contributed by atoms with Crippen LogP contribution in [0.3, 0.4) is 0 Å². The number of aromatic nitrogens is 6. The zero-order chi connectivity index (χ0) is 22.5. The number of ether oxygens (including phenoxy) is 1. The van der Waals surface area contributed by atoms with Crippen LogP contribution in [0.4, 0.5) is 13.2 Å². The third-order valence-electron chi connectivity index (χ3n) is 4.93. The van der Waals surface area contributed by atoms with Crippen LogP contribution < -0.4 is 10.4 Å². The zero-order valence-electron chi connectivity index (χ0n) is 16.7. The van der Waals surface area contributed by atoms with Crippen LogP contribution in [-0.2, 0) is 26.8 Å². The highest BCUT2D eigenvalue weighted by Gasteiger charge is 2.34. The van der Waals surface area contributed by atoms with Crippen LogP contribution in [0, 0.1) is 5.41 Å². The summed E-state index contributed by atoms with van der Waals surface area (Å²) in [5, 5.41) is 8.44. The Balaban J connectivity index is 1.76. The lowest BCUT2D eigenvalue weighted by molar-refractivity contribution is -0.140. The van der Waals surface area contributed by atoms with E-state index in [4.69, 9.17) is 21.7 Å². The van der Waals surface area contributed by atoms with Gasteiger partial charge in [0, 0.05) is 20.3 Å². The second-order valence-corrected chi connectivity index (χ2v) is 7.25. The minimum absolute atomic E-state index is 0.0648. The molecule has 0 fully saturated rings. The van der Waals surface area contributed by atoms with Crippen molar-refractivity contribution in [2.75, 3.05) is 7.11 Å². The molecule has 0 radical (unpaired) electrons. The van der Waals surface area contributed by atoms with Crippen molar-refractivity contribution in [3.63, 3.8) is 0 Å². The number of methoxy groups -OCH3 is 1. The number of nitrogens with zero attached hydrogens (tertiary/aromatic N) is 6. The Morgan fingerprint density at radius 3 is 2.58 bits per heavy atom. The summed E-state index contributed by atoms with van der Waals surface area (Å²) in [6.07, 6.45) is -2.06. The van der Waals surface area contributed by atoms with Crippen LogP contribution in [0.25, 0.3) is 22.6 Å². The lowest BCUT2D eigenvalue weighted by Crippen LogP contribution is -2.23. The van der Waals surface area contributed by atoms with Gasteiger partial charge in [0.25, 0.3) is 0 Å². The largest absolute Gasteiger partial charge is 0.496 e. The van der Waals surface area contributed by atoms with Crippen LogP contribution >= 0.6 is 11.6 Å². The predicted molar refractivity (Wildman–Crippen MR) is 107 cm³/mol. The van der Waals surface area contributed by atoms with Gasteiger partial charge in [-0.2, -0.15) is 18.2 Å². The number of fused-ring (bicyclic) bond motifs is 1. The third-order valence-corrected chi connectivity index (χ3v) is 5.11. The Hall–Kier alpha value is -3.34. The molecule has 3 aromatic heterocycles. The summed E-state index contributed by atoms with van der Waals surface area (Å²) >= 11 is 5.92. The van der Waals surface area contributed by atoms with Gasteiger partial charge in [0.2, 0.25) is 10.9 Å². The number of imidazole rings is 2. The van der Waals surface area contributed by atoms with Gasteiger partial charge in [-0.05, 0) is 29.3 Å². The number of alkyl halides is 3. The lowest BCUT2D eigenvalue weighted by Gasteiger charge is -2.11. The van der Waals surface area contributed by atoms with Crippen molar-refractivity contribution < 1.29 is 17.9 Å². The fourth-order valence-electron chi connectivity index (χ4n) is 3.38. The summed E-state index contributed by atoms with van der Waals surface area (Å²) in [4.78, 5) is 11.9. The van der Waals surface area contributed by atoms with E-state index in [0.29, 0.717) is 22.5 Å². The van der Waals surface area contributed by atoms with Gasteiger partial charge in [0.1, 0.15) is 17.1 Å². The second-order valence-electron chi connectivity index (χ2n) is 6.91. The van der Waals surface area contributed by atoms with Gasteiger partial charge in [-0.1, -0.05) is 6.07 Å². The van der Waals surface area contributed by atoms with Gasteiger partial charge in [-0.25, -0.2) is 9.97 Å². The molecule has 0 saturated heterocycles. The molecule has 0 aliphatic heterocycles. The molecule has 1 N–H and O–H groups in total. The molecular formula is C19H17ClF3N7O. The molecule has 0 amide bonds. The maximum absolute atomic E-state index is 13.0. The molecule has 0 unspecified atom stereocenters. The number of nitrogens with one attached hydrogen (secondary N) is 1. The molecule has 12 heteroatoms. The minimum atomic E-state index is -4.54. The number of hydrogen-bond donors (Lipinski definition) is 1. The minimum Gasteiger partial charge on any atom is -0.496 e.